The lowest BCUT2D eigenvalue weighted by molar-refractivity contribution is -0.140. The van der Waals surface area contributed by atoms with Crippen molar-refractivity contribution in [3.8, 4) is 0 Å². The summed E-state index contributed by atoms with van der Waals surface area (Å²) in [5.41, 5.74) is 2.30. The minimum atomic E-state index is -0.658. The van der Waals surface area contributed by atoms with Crippen LogP contribution in [-0.4, -0.2) is 57.8 Å². The third-order valence-electron chi connectivity index (χ3n) is 5.54. The van der Waals surface area contributed by atoms with Gasteiger partial charge in [0, 0.05) is 35.5 Å². The van der Waals surface area contributed by atoms with Crippen molar-refractivity contribution < 1.29 is 14.7 Å². The van der Waals surface area contributed by atoms with Gasteiger partial charge in [0.15, 0.2) is 0 Å². The largest absolute Gasteiger partial charge is 0.507 e. The minimum absolute atomic E-state index is 0.118. The van der Waals surface area contributed by atoms with Crippen LogP contribution in [0.5, 0.6) is 0 Å². The van der Waals surface area contributed by atoms with Crippen LogP contribution >= 0.6 is 15.9 Å². The number of carbonyl (C=O) groups is 2. The van der Waals surface area contributed by atoms with Crippen LogP contribution in [-0.2, 0) is 9.59 Å². The van der Waals surface area contributed by atoms with Gasteiger partial charge in [0.25, 0.3) is 11.7 Å². The van der Waals surface area contributed by atoms with Gasteiger partial charge in [-0.1, -0.05) is 35.8 Å². The number of halogens is 1. The molecule has 1 fully saturated rings. The van der Waals surface area contributed by atoms with Crippen LogP contribution in [0.4, 0.5) is 0 Å². The van der Waals surface area contributed by atoms with Gasteiger partial charge < -0.3 is 14.9 Å². The van der Waals surface area contributed by atoms with Crippen LogP contribution in [0.15, 0.2) is 52.8 Å². The standard InChI is InChI=1S/C23H26BrN3O3/c1-4-26(5-2)12-13-27-20(16-8-10-25-11-9-16)19(22(29)23(27)30)21(28)17-6-7-18(24)15(3)14-17/h6-11,14,20,28H,4-5,12-13H2,1-3H3/b21-19-. The number of nitrogens with zero attached hydrogens (tertiary/aromatic N) is 3. The first kappa shape index (κ1) is 22.2. The molecule has 30 heavy (non-hydrogen) atoms. The maximum Gasteiger partial charge on any atom is 0.295 e. The van der Waals surface area contributed by atoms with Crippen molar-refractivity contribution in [3.05, 3.63) is 69.5 Å². The molecule has 2 aromatic rings. The molecule has 1 saturated heterocycles. The second kappa shape index (κ2) is 9.53. The molecule has 0 spiro atoms. The number of Topliss-reactive ketones (excluding diaryl/α,β-unsaturated/α-hetero) is 1. The molecule has 1 aromatic heterocycles. The van der Waals surface area contributed by atoms with Gasteiger partial charge in [-0.3, -0.25) is 14.6 Å². The lowest BCUT2D eigenvalue weighted by Gasteiger charge is -2.28. The Labute approximate surface area is 185 Å². The molecule has 1 aliphatic heterocycles. The molecule has 3 rings (SSSR count). The number of aliphatic hydroxyl groups is 1. The number of aryl methyl sites for hydroxylation is 1. The van der Waals surface area contributed by atoms with Gasteiger partial charge in [-0.05, 0) is 55.4 Å². The summed E-state index contributed by atoms with van der Waals surface area (Å²) in [5.74, 6) is -1.40. The van der Waals surface area contributed by atoms with E-state index in [2.05, 4.69) is 39.7 Å². The van der Waals surface area contributed by atoms with E-state index in [1.165, 1.54) is 0 Å². The highest BCUT2D eigenvalue weighted by Gasteiger charge is 2.45. The molecular formula is C23H26BrN3O3. The molecule has 7 heteroatoms. The third kappa shape index (κ3) is 4.32. The van der Waals surface area contributed by atoms with Gasteiger partial charge in [-0.25, -0.2) is 0 Å². The molecule has 1 aromatic carbocycles. The average molecular weight is 472 g/mol. The van der Waals surface area contributed by atoms with Gasteiger partial charge in [0.05, 0.1) is 11.6 Å². The number of likely N-dealkylation sites (N-methyl/N-ethyl adjacent to an activating group) is 1. The zero-order valence-corrected chi connectivity index (χ0v) is 19.0. The summed E-state index contributed by atoms with van der Waals surface area (Å²) in [4.78, 5) is 33.7. The first-order chi connectivity index (χ1) is 14.4. The number of hydrogen-bond acceptors (Lipinski definition) is 5. The Balaban J connectivity index is 2.09. The highest BCUT2D eigenvalue weighted by atomic mass is 79.9. The van der Waals surface area contributed by atoms with E-state index in [1.807, 2.05) is 13.0 Å². The Morgan fingerprint density at radius 3 is 2.43 bits per heavy atom. The van der Waals surface area contributed by atoms with Crippen molar-refractivity contribution in [1.29, 1.82) is 0 Å². The topological polar surface area (TPSA) is 73.7 Å². The van der Waals surface area contributed by atoms with Gasteiger partial charge in [0.2, 0.25) is 0 Å². The molecule has 0 aliphatic carbocycles. The van der Waals surface area contributed by atoms with E-state index in [1.54, 1.807) is 41.6 Å². The number of aromatic nitrogens is 1. The van der Waals surface area contributed by atoms with E-state index in [0.29, 0.717) is 18.7 Å². The van der Waals surface area contributed by atoms with Crippen LogP contribution in [0.2, 0.25) is 0 Å². The number of likely N-dealkylation sites (tertiary alicyclic amines) is 1. The van der Waals surface area contributed by atoms with Crippen molar-refractivity contribution in [3.63, 3.8) is 0 Å². The Hall–Kier alpha value is -2.51. The summed E-state index contributed by atoms with van der Waals surface area (Å²) in [7, 11) is 0. The normalized spacial score (nSPS) is 18.4. The summed E-state index contributed by atoms with van der Waals surface area (Å²) in [5, 5.41) is 11.1. The zero-order valence-electron chi connectivity index (χ0n) is 17.4. The number of benzene rings is 1. The molecule has 1 aliphatic rings. The van der Waals surface area contributed by atoms with Gasteiger partial charge in [-0.2, -0.15) is 0 Å². The molecule has 0 bridgehead atoms. The van der Waals surface area contributed by atoms with Crippen LogP contribution in [0.1, 0.15) is 36.6 Å². The van der Waals surface area contributed by atoms with Crippen LogP contribution in [0.3, 0.4) is 0 Å². The first-order valence-electron chi connectivity index (χ1n) is 10.1. The SMILES string of the molecule is CCN(CC)CCN1C(=O)C(=O)/C(=C(\O)c2ccc(Br)c(C)c2)C1c1ccncc1. The highest BCUT2D eigenvalue weighted by Crippen LogP contribution is 2.39. The molecule has 1 N–H and O–H groups in total. The highest BCUT2D eigenvalue weighted by molar-refractivity contribution is 9.10. The molecule has 0 saturated carbocycles. The number of amides is 1. The maximum atomic E-state index is 13.0. The average Bonchev–Trinajstić information content (AvgIpc) is 3.01. The van der Waals surface area contributed by atoms with Crippen molar-refractivity contribution >= 4 is 33.4 Å². The quantitative estimate of drug-likeness (QED) is 0.376. The fourth-order valence-electron chi connectivity index (χ4n) is 3.74. The zero-order chi connectivity index (χ0) is 21.8. The number of rotatable bonds is 7. The van der Waals surface area contributed by atoms with Gasteiger partial charge in [0.1, 0.15) is 5.76 Å². The fourth-order valence-corrected chi connectivity index (χ4v) is 3.99. The van der Waals surface area contributed by atoms with E-state index in [9.17, 15) is 14.7 Å². The van der Waals surface area contributed by atoms with Crippen molar-refractivity contribution in [2.45, 2.75) is 26.8 Å². The number of carbonyl (C=O) groups excluding carboxylic acids is 2. The molecule has 1 atom stereocenters. The summed E-state index contributed by atoms with van der Waals surface area (Å²) in [6, 6.07) is 8.27. The molecule has 2 heterocycles. The van der Waals surface area contributed by atoms with Crippen LogP contribution in [0.25, 0.3) is 5.76 Å². The first-order valence-corrected chi connectivity index (χ1v) is 10.9. The number of ketones is 1. The van der Waals surface area contributed by atoms with Crippen molar-refractivity contribution in [2.24, 2.45) is 0 Å². The molecule has 6 nitrogen and oxygen atoms in total. The van der Waals surface area contributed by atoms with E-state index in [4.69, 9.17) is 0 Å². The lowest BCUT2D eigenvalue weighted by Crippen LogP contribution is -2.38. The number of hydrogen-bond donors (Lipinski definition) is 1. The van der Waals surface area contributed by atoms with Crippen LogP contribution < -0.4 is 0 Å². The predicted octanol–water partition coefficient (Wildman–Crippen LogP) is 3.92. The second-order valence-corrected chi connectivity index (χ2v) is 8.12. The molecule has 158 valence electrons. The number of aliphatic hydroxyl groups excluding tert-OH is 1. The second-order valence-electron chi connectivity index (χ2n) is 7.26. The van der Waals surface area contributed by atoms with Gasteiger partial charge >= 0.3 is 0 Å². The maximum absolute atomic E-state index is 13.0. The fraction of sp³-hybridized carbons (Fsp3) is 0.348. The Morgan fingerprint density at radius 1 is 1.17 bits per heavy atom. The number of pyridine rings is 1. The molecule has 1 amide bonds. The van der Waals surface area contributed by atoms with Crippen molar-refractivity contribution in [2.75, 3.05) is 26.2 Å². The van der Waals surface area contributed by atoms with Crippen LogP contribution in [0, 0.1) is 6.92 Å². The van der Waals surface area contributed by atoms with E-state index in [0.717, 1.165) is 28.7 Å². The summed E-state index contributed by atoms with van der Waals surface area (Å²) in [6.45, 7) is 8.80. The molecule has 0 radical (unpaired) electrons. The lowest BCUT2D eigenvalue weighted by atomic mass is 9.95. The van der Waals surface area contributed by atoms with Crippen molar-refractivity contribution in [1.82, 2.24) is 14.8 Å². The Morgan fingerprint density at radius 2 is 1.83 bits per heavy atom. The molecule has 1 unspecified atom stereocenters. The smallest absolute Gasteiger partial charge is 0.295 e. The Kier molecular flexibility index (Phi) is 7.05. The van der Waals surface area contributed by atoms with E-state index in [-0.39, 0.29) is 11.3 Å². The van der Waals surface area contributed by atoms with E-state index < -0.39 is 17.7 Å². The Bertz CT molecular complexity index is 971. The van der Waals surface area contributed by atoms with E-state index >= 15 is 0 Å². The minimum Gasteiger partial charge on any atom is -0.507 e. The van der Waals surface area contributed by atoms with Gasteiger partial charge in [-0.15, -0.1) is 0 Å². The summed E-state index contributed by atoms with van der Waals surface area (Å²) < 4.78 is 0.907. The predicted molar refractivity (Wildman–Crippen MR) is 120 cm³/mol. The summed E-state index contributed by atoms with van der Waals surface area (Å²) in [6.07, 6.45) is 3.26. The summed E-state index contributed by atoms with van der Waals surface area (Å²) >= 11 is 3.45. The monoisotopic (exact) mass is 471 g/mol. The molecular weight excluding hydrogens is 446 g/mol. The third-order valence-corrected chi connectivity index (χ3v) is 6.43.